The van der Waals surface area contributed by atoms with E-state index in [-0.39, 0.29) is 58.2 Å². The Morgan fingerprint density at radius 3 is 1.62 bits per heavy atom. The van der Waals surface area contributed by atoms with Crippen LogP contribution in [0.15, 0.2) is 12.2 Å². The summed E-state index contributed by atoms with van der Waals surface area (Å²) >= 11 is 0. The van der Waals surface area contributed by atoms with Crippen LogP contribution in [0.4, 0.5) is 0 Å². The minimum atomic E-state index is -0.454. The predicted octanol–water partition coefficient (Wildman–Crippen LogP) is -3.01. The standard InChI is InChI=1S/C4H3NO2.Rb/c6-3-1-2-4(7)5-3;/h1-2H,(H,5,6,7);/q;+1/p-1. The molecule has 0 spiro atoms. The number of nitrogens with zero attached hydrogens (tertiary/aromatic N) is 1. The summed E-state index contributed by atoms with van der Waals surface area (Å²) in [7, 11) is 0. The molecule has 0 aromatic heterocycles. The van der Waals surface area contributed by atoms with Gasteiger partial charge < -0.3 is 14.9 Å². The molecule has 8 heavy (non-hydrogen) atoms. The fourth-order valence-corrected chi connectivity index (χ4v) is 0.326. The molecule has 0 bridgehead atoms. The van der Waals surface area contributed by atoms with E-state index in [0.717, 1.165) is 12.2 Å². The first kappa shape index (κ1) is 8.69. The Morgan fingerprint density at radius 2 is 1.50 bits per heavy atom. The molecule has 1 heterocycles. The summed E-state index contributed by atoms with van der Waals surface area (Å²) in [5, 5.41) is 3.00. The quantitative estimate of drug-likeness (QED) is 0.374. The summed E-state index contributed by atoms with van der Waals surface area (Å²) in [6.45, 7) is 0. The van der Waals surface area contributed by atoms with Crippen molar-refractivity contribution in [2.24, 2.45) is 0 Å². The molecule has 4 heteroatoms. The first-order valence-electron chi connectivity index (χ1n) is 1.77. The molecule has 0 N–H and O–H groups in total. The SMILES string of the molecule is O=C1C=CC(=O)[N-]1.[Rb+]. The van der Waals surface area contributed by atoms with Crippen LogP contribution in [0.3, 0.4) is 0 Å². The molecule has 1 rings (SSSR count). The van der Waals surface area contributed by atoms with Crippen LogP contribution in [0.1, 0.15) is 0 Å². The van der Waals surface area contributed by atoms with Crippen molar-refractivity contribution < 1.29 is 67.8 Å². The van der Waals surface area contributed by atoms with Gasteiger partial charge in [-0.25, -0.2) is 0 Å². The van der Waals surface area contributed by atoms with Crippen molar-refractivity contribution in [2.45, 2.75) is 0 Å². The van der Waals surface area contributed by atoms with Gasteiger partial charge in [0.25, 0.3) is 0 Å². The van der Waals surface area contributed by atoms with Crippen LogP contribution in [0.2, 0.25) is 0 Å². The van der Waals surface area contributed by atoms with E-state index in [1.54, 1.807) is 0 Å². The van der Waals surface area contributed by atoms with Crippen LogP contribution in [-0.2, 0) is 9.59 Å². The maximum atomic E-state index is 9.98. The van der Waals surface area contributed by atoms with Gasteiger partial charge in [-0.05, 0) is 12.2 Å². The molecule has 1 aliphatic heterocycles. The Balaban J connectivity index is 0.000000490. The zero-order chi connectivity index (χ0) is 5.28. The third kappa shape index (κ3) is 2.30. The average Bonchev–Trinajstić information content (AvgIpc) is 1.87. The van der Waals surface area contributed by atoms with Gasteiger partial charge in [0.15, 0.2) is 0 Å². The summed E-state index contributed by atoms with van der Waals surface area (Å²) in [4.78, 5) is 20.0. The number of hydrogen-bond acceptors (Lipinski definition) is 2. The molecule has 0 aromatic rings. The van der Waals surface area contributed by atoms with Gasteiger partial charge in [0.1, 0.15) is 0 Å². The molecule has 0 saturated carbocycles. The van der Waals surface area contributed by atoms with Crippen LogP contribution in [0.25, 0.3) is 5.32 Å². The molecule has 0 aliphatic carbocycles. The molecule has 0 aromatic carbocycles. The number of imide groups is 1. The molecule has 0 saturated heterocycles. The van der Waals surface area contributed by atoms with Gasteiger partial charge in [-0.15, -0.1) is 0 Å². The number of rotatable bonds is 0. The van der Waals surface area contributed by atoms with Gasteiger partial charge in [0.2, 0.25) is 0 Å². The zero-order valence-electron chi connectivity index (χ0n) is 4.42. The molecule has 0 fully saturated rings. The number of amides is 2. The van der Waals surface area contributed by atoms with E-state index in [4.69, 9.17) is 0 Å². The van der Waals surface area contributed by atoms with E-state index in [9.17, 15) is 9.59 Å². The van der Waals surface area contributed by atoms with Gasteiger partial charge in [-0.3, -0.25) is 0 Å². The van der Waals surface area contributed by atoms with E-state index in [1.807, 2.05) is 0 Å². The first-order valence-corrected chi connectivity index (χ1v) is 1.77. The number of carbonyl (C=O) groups is 2. The van der Waals surface area contributed by atoms with Crippen LogP contribution in [0.5, 0.6) is 0 Å². The average molecular weight is 182 g/mol. The van der Waals surface area contributed by atoms with Gasteiger partial charge in [0.05, 0.1) is 11.8 Å². The Hall–Kier alpha value is 0.685. The first-order chi connectivity index (χ1) is 3.29. The minimum absolute atomic E-state index is 0. The fourth-order valence-electron chi connectivity index (χ4n) is 0.326. The number of hydrogen-bond donors (Lipinski definition) is 0. The normalized spacial score (nSPS) is 15.5. The topological polar surface area (TPSA) is 48.2 Å². The van der Waals surface area contributed by atoms with E-state index >= 15 is 0 Å². The van der Waals surface area contributed by atoms with Crippen molar-refractivity contribution in [2.75, 3.05) is 0 Å². The van der Waals surface area contributed by atoms with Crippen LogP contribution >= 0.6 is 0 Å². The molecule has 0 atom stereocenters. The Morgan fingerprint density at radius 1 is 1.12 bits per heavy atom. The van der Waals surface area contributed by atoms with Crippen molar-refractivity contribution in [1.82, 2.24) is 0 Å². The van der Waals surface area contributed by atoms with E-state index in [2.05, 4.69) is 5.32 Å². The second-order valence-electron chi connectivity index (χ2n) is 1.12. The largest absolute Gasteiger partial charge is 1.00 e. The summed E-state index contributed by atoms with van der Waals surface area (Å²) in [5.74, 6) is -0.907. The van der Waals surface area contributed by atoms with E-state index < -0.39 is 11.8 Å². The second-order valence-corrected chi connectivity index (χ2v) is 1.12. The van der Waals surface area contributed by atoms with E-state index in [1.165, 1.54) is 0 Å². The maximum absolute atomic E-state index is 9.98. The third-order valence-electron chi connectivity index (χ3n) is 0.589. The zero-order valence-corrected chi connectivity index (χ0v) is 9.33. The summed E-state index contributed by atoms with van der Waals surface area (Å²) in [6, 6.07) is 0. The second kappa shape index (κ2) is 3.66. The Bertz CT molecular complexity index is 136. The molecule has 0 unspecified atom stereocenters. The Labute approximate surface area is 95.3 Å². The summed E-state index contributed by atoms with van der Waals surface area (Å²) in [6.07, 6.45) is 2.28. The van der Waals surface area contributed by atoms with Gasteiger partial charge in [-0.2, -0.15) is 0 Å². The molecule has 1 aliphatic rings. The molecule has 3 nitrogen and oxygen atoms in total. The van der Waals surface area contributed by atoms with E-state index in [0.29, 0.717) is 0 Å². The van der Waals surface area contributed by atoms with Crippen LogP contribution < -0.4 is 58.2 Å². The van der Waals surface area contributed by atoms with Crippen molar-refractivity contribution >= 4 is 11.8 Å². The molecule has 2 amide bonds. The predicted molar refractivity (Wildman–Crippen MR) is 22.5 cm³/mol. The van der Waals surface area contributed by atoms with Gasteiger partial charge >= 0.3 is 58.2 Å². The molecule has 36 valence electrons. The summed E-state index contributed by atoms with van der Waals surface area (Å²) in [5.41, 5.74) is 0. The molecular weight excluding hydrogens is 180 g/mol. The minimum Gasteiger partial charge on any atom is -0.589 e. The molecular formula is C4H2NO2Rb. The van der Waals surface area contributed by atoms with Crippen molar-refractivity contribution in [3.63, 3.8) is 0 Å². The fraction of sp³-hybridized carbons (Fsp3) is 0. The van der Waals surface area contributed by atoms with Crippen LogP contribution in [-0.4, -0.2) is 11.8 Å². The van der Waals surface area contributed by atoms with Gasteiger partial charge in [0, 0.05) is 0 Å². The van der Waals surface area contributed by atoms with Crippen molar-refractivity contribution in [3.05, 3.63) is 17.5 Å². The van der Waals surface area contributed by atoms with Crippen molar-refractivity contribution in [1.29, 1.82) is 0 Å². The Kier molecular flexibility index (Phi) is 3.98. The summed E-state index contributed by atoms with van der Waals surface area (Å²) < 4.78 is 0. The number of carbonyl (C=O) groups excluding carboxylic acids is 2. The molecule has 0 radical (unpaired) electrons. The van der Waals surface area contributed by atoms with Gasteiger partial charge in [-0.1, -0.05) is 0 Å². The smallest absolute Gasteiger partial charge is 0.589 e. The maximum Gasteiger partial charge on any atom is 1.00 e. The van der Waals surface area contributed by atoms with Crippen molar-refractivity contribution in [3.8, 4) is 0 Å². The van der Waals surface area contributed by atoms with Crippen LogP contribution in [0, 0.1) is 0 Å². The third-order valence-corrected chi connectivity index (χ3v) is 0.589. The monoisotopic (exact) mass is 181 g/mol.